The van der Waals surface area contributed by atoms with Crippen LogP contribution in [0.3, 0.4) is 0 Å². The fourth-order valence-electron chi connectivity index (χ4n) is 1.44. The van der Waals surface area contributed by atoms with Crippen molar-refractivity contribution in [3.8, 4) is 6.07 Å². The molecule has 0 aliphatic carbocycles. The van der Waals surface area contributed by atoms with E-state index in [0.717, 1.165) is 18.2 Å². The van der Waals surface area contributed by atoms with Crippen molar-refractivity contribution in [1.29, 1.82) is 5.26 Å². The van der Waals surface area contributed by atoms with Gasteiger partial charge in [0.2, 0.25) is 0 Å². The maximum Gasteiger partial charge on any atom is 0.0992 e. The third-order valence-corrected chi connectivity index (χ3v) is 2.28. The average molecular weight is 202 g/mol. The SMILES string of the molecule is CC(C)CCCNc1cccc(C#N)c1. The van der Waals surface area contributed by atoms with Crippen molar-refractivity contribution in [2.24, 2.45) is 5.92 Å². The van der Waals surface area contributed by atoms with Crippen molar-refractivity contribution < 1.29 is 0 Å². The highest BCUT2D eigenvalue weighted by molar-refractivity contribution is 5.48. The minimum absolute atomic E-state index is 0.712. The topological polar surface area (TPSA) is 35.8 Å². The van der Waals surface area contributed by atoms with Gasteiger partial charge in [-0.1, -0.05) is 19.9 Å². The van der Waals surface area contributed by atoms with Crippen LogP contribution in [0.2, 0.25) is 0 Å². The normalized spacial score (nSPS) is 10.0. The van der Waals surface area contributed by atoms with Crippen LogP contribution in [0.4, 0.5) is 5.69 Å². The highest BCUT2D eigenvalue weighted by Gasteiger charge is 1.96. The number of nitriles is 1. The summed E-state index contributed by atoms with van der Waals surface area (Å²) >= 11 is 0. The quantitative estimate of drug-likeness (QED) is 0.743. The van der Waals surface area contributed by atoms with E-state index < -0.39 is 0 Å². The lowest BCUT2D eigenvalue weighted by atomic mass is 10.1. The molecule has 0 aliphatic rings. The smallest absolute Gasteiger partial charge is 0.0992 e. The van der Waals surface area contributed by atoms with Crippen LogP contribution in [0.5, 0.6) is 0 Å². The molecule has 80 valence electrons. The van der Waals surface area contributed by atoms with Crippen LogP contribution in [0.1, 0.15) is 32.3 Å². The summed E-state index contributed by atoms with van der Waals surface area (Å²) in [6.07, 6.45) is 2.42. The van der Waals surface area contributed by atoms with E-state index in [9.17, 15) is 0 Å². The van der Waals surface area contributed by atoms with Gasteiger partial charge in [0.1, 0.15) is 0 Å². The Morgan fingerprint density at radius 3 is 2.87 bits per heavy atom. The number of nitrogens with one attached hydrogen (secondary N) is 1. The molecule has 0 heterocycles. The van der Waals surface area contributed by atoms with E-state index in [1.807, 2.05) is 24.3 Å². The molecule has 0 unspecified atom stereocenters. The zero-order valence-electron chi connectivity index (χ0n) is 9.46. The van der Waals surface area contributed by atoms with Crippen molar-refractivity contribution in [2.75, 3.05) is 11.9 Å². The van der Waals surface area contributed by atoms with Crippen LogP contribution in [-0.2, 0) is 0 Å². The summed E-state index contributed by atoms with van der Waals surface area (Å²) in [5, 5.41) is 12.1. The molecule has 1 aromatic carbocycles. The summed E-state index contributed by atoms with van der Waals surface area (Å²) in [5.41, 5.74) is 1.75. The van der Waals surface area contributed by atoms with E-state index >= 15 is 0 Å². The van der Waals surface area contributed by atoms with Gasteiger partial charge >= 0.3 is 0 Å². The molecule has 0 aromatic heterocycles. The molecule has 15 heavy (non-hydrogen) atoms. The second-order valence-electron chi connectivity index (χ2n) is 4.16. The molecule has 0 saturated carbocycles. The molecule has 0 bridgehead atoms. The van der Waals surface area contributed by atoms with Gasteiger partial charge < -0.3 is 5.32 Å². The summed E-state index contributed by atoms with van der Waals surface area (Å²) < 4.78 is 0. The maximum atomic E-state index is 8.73. The Bertz CT molecular complexity index is 337. The zero-order chi connectivity index (χ0) is 11.1. The van der Waals surface area contributed by atoms with E-state index in [-0.39, 0.29) is 0 Å². The van der Waals surface area contributed by atoms with Gasteiger partial charge in [0.05, 0.1) is 11.6 Å². The van der Waals surface area contributed by atoms with E-state index in [1.54, 1.807) is 0 Å². The largest absolute Gasteiger partial charge is 0.385 e. The third-order valence-electron chi connectivity index (χ3n) is 2.28. The minimum Gasteiger partial charge on any atom is -0.385 e. The lowest BCUT2D eigenvalue weighted by Crippen LogP contribution is -2.02. The Morgan fingerprint density at radius 2 is 2.20 bits per heavy atom. The number of hydrogen-bond acceptors (Lipinski definition) is 2. The second-order valence-corrected chi connectivity index (χ2v) is 4.16. The molecule has 0 spiro atoms. The number of hydrogen-bond donors (Lipinski definition) is 1. The molecule has 0 radical (unpaired) electrons. The number of rotatable bonds is 5. The highest BCUT2D eigenvalue weighted by Crippen LogP contribution is 2.10. The zero-order valence-corrected chi connectivity index (χ0v) is 9.46. The Morgan fingerprint density at radius 1 is 1.40 bits per heavy atom. The molecular weight excluding hydrogens is 184 g/mol. The first-order chi connectivity index (χ1) is 7.22. The predicted octanol–water partition coefficient (Wildman–Crippen LogP) is 3.41. The molecule has 2 nitrogen and oxygen atoms in total. The fraction of sp³-hybridized carbons (Fsp3) is 0.462. The van der Waals surface area contributed by atoms with Crippen molar-refractivity contribution >= 4 is 5.69 Å². The van der Waals surface area contributed by atoms with E-state index in [1.165, 1.54) is 12.8 Å². The van der Waals surface area contributed by atoms with Gasteiger partial charge in [-0.15, -0.1) is 0 Å². The van der Waals surface area contributed by atoms with Crippen molar-refractivity contribution in [3.05, 3.63) is 29.8 Å². The molecule has 0 atom stereocenters. The first-order valence-electron chi connectivity index (χ1n) is 5.46. The molecule has 0 fully saturated rings. The lowest BCUT2D eigenvalue weighted by Gasteiger charge is -2.07. The number of nitrogens with zero attached hydrogens (tertiary/aromatic N) is 1. The summed E-state index contributed by atoms with van der Waals surface area (Å²) in [7, 11) is 0. The first kappa shape index (κ1) is 11.6. The molecule has 1 rings (SSSR count). The summed E-state index contributed by atoms with van der Waals surface area (Å²) in [5.74, 6) is 0.761. The van der Waals surface area contributed by atoms with Crippen molar-refractivity contribution in [3.63, 3.8) is 0 Å². The van der Waals surface area contributed by atoms with Crippen LogP contribution >= 0.6 is 0 Å². The number of anilines is 1. The van der Waals surface area contributed by atoms with Gasteiger partial charge in [-0.2, -0.15) is 5.26 Å². The van der Waals surface area contributed by atoms with Gasteiger partial charge in [0.25, 0.3) is 0 Å². The summed E-state index contributed by atoms with van der Waals surface area (Å²) in [6, 6.07) is 9.74. The maximum absolute atomic E-state index is 8.73. The monoisotopic (exact) mass is 202 g/mol. The Kier molecular flexibility index (Phi) is 4.70. The van der Waals surface area contributed by atoms with Crippen LogP contribution < -0.4 is 5.32 Å². The van der Waals surface area contributed by atoms with Crippen LogP contribution in [0.25, 0.3) is 0 Å². The van der Waals surface area contributed by atoms with Crippen molar-refractivity contribution in [2.45, 2.75) is 26.7 Å². The highest BCUT2D eigenvalue weighted by atomic mass is 14.9. The summed E-state index contributed by atoms with van der Waals surface area (Å²) in [6.45, 7) is 5.44. The van der Waals surface area contributed by atoms with E-state index in [4.69, 9.17) is 5.26 Å². The minimum atomic E-state index is 0.712. The van der Waals surface area contributed by atoms with E-state index in [0.29, 0.717) is 5.56 Å². The molecule has 1 aromatic rings. The van der Waals surface area contributed by atoms with Gasteiger partial charge in [0.15, 0.2) is 0 Å². The molecular formula is C13H18N2. The van der Waals surface area contributed by atoms with Gasteiger partial charge in [-0.3, -0.25) is 0 Å². The van der Waals surface area contributed by atoms with Crippen LogP contribution in [0.15, 0.2) is 24.3 Å². The number of benzene rings is 1. The molecule has 1 N–H and O–H groups in total. The molecule has 2 heteroatoms. The third kappa shape index (κ3) is 4.51. The van der Waals surface area contributed by atoms with Gasteiger partial charge in [-0.05, 0) is 37.0 Å². The molecule has 0 saturated heterocycles. The molecule has 0 amide bonds. The van der Waals surface area contributed by atoms with Crippen molar-refractivity contribution in [1.82, 2.24) is 0 Å². The Labute approximate surface area is 91.9 Å². The predicted molar refractivity (Wildman–Crippen MR) is 63.7 cm³/mol. The Hall–Kier alpha value is -1.49. The first-order valence-corrected chi connectivity index (χ1v) is 5.46. The van der Waals surface area contributed by atoms with Crippen LogP contribution in [0, 0.1) is 17.2 Å². The van der Waals surface area contributed by atoms with E-state index in [2.05, 4.69) is 25.2 Å². The standard InChI is InChI=1S/C13H18N2/c1-11(2)5-4-8-15-13-7-3-6-12(9-13)10-14/h3,6-7,9,11,15H,4-5,8H2,1-2H3. The summed E-state index contributed by atoms with van der Waals surface area (Å²) in [4.78, 5) is 0. The van der Waals surface area contributed by atoms with Crippen LogP contribution in [-0.4, -0.2) is 6.54 Å². The fourth-order valence-corrected chi connectivity index (χ4v) is 1.44. The van der Waals surface area contributed by atoms with Gasteiger partial charge in [-0.25, -0.2) is 0 Å². The lowest BCUT2D eigenvalue weighted by molar-refractivity contribution is 0.567. The van der Waals surface area contributed by atoms with Gasteiger partial charge in [0, 0.05) is 12.2 Å². The average Bonchev–Trinajstić information content (AvgIpc) is 2.24. The Balaban J connectivity index is 2.35. The second kappa shape index (κ2) is 6.08. The molecule has 0 aliphatic heterocycles.